The van der Waals surface area contributed by atoms with Crippen LogP contribution < -0.4 is 9.46 Å². The second-order valence-electron chi connectivity index (χ2n) is 4.57. The van der Waals surface area contributed by atoms with Gasteiger partial charge in [0.05, 0.1) is 7.11 Å². The highest BCUT2D eigenvalue weighted by Crippen LogP contribution is 2.16. The summed E-state index contributed by atoms with van der Waals surface area (Å²) < 4.78 is 57.8. The van der Waals surface area contributed by atoms with Gasteiger partial charge in [0, 0.05) is 6.54 Å². The fraction of sp³-hybridized carbons (Fsp3) is 0.200. The van der Waals surface area contributed by atoms with Gasteiger partial charge in [0.25, 0.3) is 0 Å². The maximum atomic E-state index is 13.5. The maximum absolute atomic E-state index is 13.5. The molecule has 7 heteroatoms. The molecule has 1 N–H and O–H groups in total. The summed E-state index contributed by atoms with van der Waals surface area (Å²) in [6, 6.07) is 9.43. The van der Waals surface area contributed by atoms with Gasteiger partial charge in [-0.3, -0.25) is 0 Å². The van der Waals surface area contributed by atoms with Crippen LogP contribution in [0.5, 0.6) is 5.75 Å². The van der Waals surface area contributed by atoms with Crippen molar-refractivity contribution in [1.82, 2.24) is 4.72 Å². The molecule has 2 aromatic carbocycles. The van der Waals surface area contributed by atoms with E-state index in [1.165, 1.54) is 0 Å². The van der Waals surface area contributed by atoms with Gasteiger partial charge in [0.1, 0.15) is 22.3 Å². The second kappa shape index (κ2) is 6.85. The molecule has 4 nitrogen and oxygen atoms in total. The van der Waals surface area contributed by atoms with Crippen molar-refractivity contribution in [1.29, 1.82) is 0 Å². The van der Waals surface area contributed by atoms with E-state index in [0.717, 1.165) is 17.7 Å². The number of nitrogens with one attached hydrogen (secondary N) is 1. The van der Waals surface area contributed by atoms with Crippen molar-refractivity contribution < 1.29 is 21.9 Å². The maximum Gasteiger partial charge on any atom is 0.243 e. The standard InChI is InChI=1S/C15H15F2NO3S/c1-21-13-5-2-11(3-6-13)8-9-18-22(19,20)15-10-12(16)4-7-14(15)17/h2-7,10,18H,8-9H2,1H3. The third-order valence-corrected chi connectivity index (χ3v) is 4.52. The Balaban J connectivity index is 2.01. The molecule has 0 aliphatic heterocycles. The summed E-state index contributed by atoms with van der Waals surface area (Å²) >= 11 is 0. The van der Waals surface area contributed by atoms with Crippen molar-refractivity contribution >= 4 is 10.0 Å². The lowest BCUT2D eigenvalue weighted by molar-refractivity contribution is 0.414. The van der Waals surface area contributed by atoms with Crippen LogP contribution in [0.3, 0.4) is 0 Å². The number of hydrogen-bond acceptors (Lipinski definition) is 3. The third-order valence-electron chi connectivity index (χ3n) is 3.05. The Morgan fingerprint density at radius 1 is 1.09 bits per heavy atom. The van der Waals surface area contributed by atoms with E-state index in [-0.39, 0.29) is 6.54 Å². The largest absolute Gasteiger partial charge is 0.497 e. The number of ether oxygens (including phenoxy) is 1. The Labute approximate surface area is 127 Å². The molecule has 0 aliphatic carbocycles. The van der Waals surface area contributed by atoms with Crippen molar-refractivity contribution in [3.8, 4) is 5.75 Å². The first-order valence-electron chi connectivity index (χ1n) is 6.50. The van der Waals surface area contributed by atoms with Crippen molar-refractivity contribution in [2.75, 3.05) is 13.7 Å². The zero-order valence-electron chi connectivity index (χ0n) is 11.8. The van der Waals surface area contributed by atoms with Gasteiger partial charge in [-0.15, -0.1) is 0 Å². The average Bonchev–Trinajstić information content (AvgIpc) is 2.50. The van der Waals surface area contributed by atoms with Gasteiger partial charge in [-0.2, -0.15) is 0 Å². The summed E-state index contributed by atoms with van der Waals surface area (Å²) in [5.74, 6) is -1.10. The Bertz CT molecular complexity index is 746. The molecule has 0 unspecified atom stereocenters. The molecule has 0 aliphatic rings. The molecule has 0 heterocycles. The minimum atomic E-state index is -4.09. The minimum absolute atomic E-state index is 0.0740. The zero-order valence-corrected chi connectivity index (χ0v) is 12.7. The van der Waals surface area contributed by atoms with Crippen molar-refractivity contribution in [3.63, 3.8) is 0 Å². The van der Waals surface area contributed by atoms with E-state index in [0.29, 0.717) is 18.2 Å². The van der Waals surface area contributed by atoms with Crippen molar-refractivity contribution in [2.24, 2.45) is 0 Å². The number of hydrogen-bond donors (Lipinski definition) is 1. The van der Waals surface area contributed by atoms with Crippen molar-refractivity contribution in [3.05, 3.63) is 59.7 Å². The molecule has 0 saturated carbocycles. The van der Waals surface area contributed by atoms with E-state index in [1.54, 1.807) is 31.4 Å². The predicted octanol–water partition coefficient (Wildman–Crippen LogP) is 2.49. The van der Waals surface area contributed by atoms with Crippen LogP contribution >= 0.6 is 0 Å². The van der Waals surface area contributed by atoms with Crippen LogP contribution in [0.2, 0.25) is 0 Å². The monoisotopic (exact) mass is 327 g/mol. The third kappa shape index (κ3) is 4.02. The number of sulfonamides is 1. The van der Waals surface area contributed by atoms with Gasteiger partial charge in [0.2, 0.25) is 10.0 Å². The minimum Gasteiger partial charge on any atom is -0.497 e. The number of rotatable bonds is 6. The summed E-state index contributed by atoms with van der Waals surface area (Å²) in [6.45, 7) is 0.0740. The molecule has 2 rings (SSSR count). The molecule has 0 fully saturated rings. The molecule has 0 amide bonds. The first-order valence-corrected chi connectivity index (χ1v) is 7.98. The smallest absolute Gasteiger partial charge is 0.243 e. The van der Waals surface area contributed by atoms with E-state index in [1.807, 2.05) is 0 Å². The van der Waals surface area contributed by atoms with E-state index < -0.39 is 26.6 Å². The summed E-state index contributed by atoms with van der Waals surface area (Å²) in [5, 5.41) is 0. The highest BCUT2D eigenvalue weighted by molar-refractivity contribution is 7.89. The molecule has 0 aromatic heterocycles. The van der Waals surface area contributed by atoms with Crippen LogP contribution in [0.4, 0.5) is 8.78 Å². The van der Waals surface area contributed by atoms with Crippen LogP contribution in [-0.4, -0.2) is 22.1 Å². The predicted molar refractivity (Wildman–Crippen MR) is 78.2 cm³/mol. The Kier molecular flexibility index (Phi) is 5.10. The highest BCUT2D eigenvalue weighted by Gasteiger charge is 2.19. The Morgan fingerprint density at radius 2 is 1.77 bits per heavy atom. The first kappa shape index (κ1) is 16.4. The summed E-state index contributed by atoms with van der Waals surface area (Å²) in [6.07, 6.45) is 0.417. The molecule has 2 aromatic rings. The molecule has 118 valence electrons. The number of methoxy groups -OCH3 is 1. The van der Waals surface area contributed by atoms with Crippen LogP contribution in [0, 0.1) is 11.6 Å². The van der Waals surface area contributed by atoms with E-state index >= 15 is 0 Å². The quantitative estimate of drug-likeness (QED) is 0.887. The van der Waals surface area contributed by atoms with E-state index in [9.17, 15) is 17.2 Å². The second-order valence-corrected chi connectivity index (χ2v) is 6.31. The average molecular weight is 327 g/mol. The lowest BCUT2D eigenvalue weighted by Gasteiger charge is -2.08. The van der Waals surface area contributed by atoms with Crippen LogP contribution in [-0.2, 0) is 16.4 Å². The fourth-order valence-electron chi connectivity index (χ4n) is 1.88. The topological polar surface area (TPSA) is 55.4 Å². The summed E-state index contributed by atoms with van der Waals surface area (Å²) in [4.78, 5) is -0.692. The molecular weight excluding hydrogens is 312 g/mol. The normalized spacial score (nSPS) is 11.4. The van der Waals surface area contributed by atoms with Gasteiger partial charge in [-0.05, 0) is 42.3 Å². The zero-order chi connectivity index (χ0) is 16.2. The molecule has 0 radical (unpaired) electrons. The van der Waals surface area contributed by atoms with Crippen LogP contribution in [0.1, 0.15) is 5.56 Å². The Morgan fingerprint density at radius 3 is 2.41 bits per heavy atom. The summed E-state index contributed by atoms with van der Waals surface area (Å²) in [7, 11) is -2.53. The fourth-order valence-corrected chi connectivity index (χ4v) is 3.00. The molecule has 0 spiro atoms. The molecule has 0 saturated heterocycles. The van der Waals surface area contributed by atoms with Gasteiger partial charge < -0.3 is 4.74 Å². The SMILES string of the molecule is COc1ccc(CCNS(=O)(=O)c2cc(F)ccc2F)cc1. The molecule has 0 bridgehead atoms. The molecular formula is C15H15F2NO3S. The van der Waals surface area contributed by atoms with Gasteiger partial charge in [-0.1, -0.05) is 12.1 Å². The first-order chi connectivity index (χ1) is 10.4. The number of benzene rings is 2. The van der Waals surface area contributed by atoms with Gasteiger partial charge in [0.15, 0.2) is 0 Å². The van der Waals surface area contributed by atoms with Crippen LogP contribution in [0.15, 0.2) is 47.4 Å². The Hall–Kier alpha value is -1.99. The van der Waals surface area contributed by atoms with E-state index in [4.69, 9.17) is 4.74 Å². The lowest BCUT2D eigenvalue weighted by Crippen LogP contribution is -2.27. The summed E-state index contributed by atoms with van der Waals surface area (Å²) in [5.41, 5.74) is 0.892. The highest BCUT2D eigenvalue weighted by atomic mass is 32.2. The van der Waals surface area contributed by atoms with Crippen LogP contribution in [0.25, 0.3) is 0 Å². The molecule has 22 heavy (non-hydrogen) atoms. The van der Waals surface area contributed by atoms with E-state index in [2.05, 4.69) is 4.72 Å². The molecule has 0 atom stereocenters. The van der Waals surface area contributed by atoms with Gasteiger partial charge in [-0.25, -0.2) is 21.9 Å². The van der Waals surface area contributed by atoms with Gasteiger partial charge >= 0.3 is 0 Å². The number of halogens is 2. The van der Waals surface area contributed by atoms with Crippen molar-refractivity contribution in [2.45, 2.75) is 11.3 Å². The lowest BCUT2D eigenvalue weighted by atomic mass is 10.1.